The fraction of sp³-hybridized carbons (Fsp3) is 0.300. The molecule has 0 saturated heterocycles. The lowest BCUT2D eigenvalue weighted by atomic mass is 9.84. The van der Waals surface area contributed by atoms with Crippen LogP contribution >= 0.6 is 0 Å². The van der Waals surface area contributed by atoms with Gasteiger partial charge in [-0.2, -0.15) is 18.4 Å². The molecule has 1 aliphatic rings. The summed E-state index contributed by atoms with van der Waals surface area (Å²) >= 11 is 0. The van der Waals surface area contributed by atoms with Gasteiger partial charge in [-0.05, 0) is 71.5 Å². The largest absolute Gasteiger partial charge is 0.497 e. The summed E-state index contributed by atoms with van der Waals surface area (Å²) in [5, 5.41) is 18.1. The van der Waals surface area contributed by atoms with Crippen molar-refractivity contribution < 1.29 is 27.5 Å². The van der Waals surface area contributed by atoms with E-state index >= 15 is 0 Å². The lowest BCUT2D eigenvalue weighted by Gasteiger charge is -2.26. The molecule has 0 atom stereocenters. The molecule has 0 bridgehead atoms. The van der Waals surface area contributed by atoms with Crippen molar-refractivity contribution in [3.8, 4) is 5.75 Å². The van der Waals surface area contributed by atoms with E-state index in [1.807, 2.05) is 24.3 Å². The number of halogens is 3. The predicted octanol–water partition coefficient (Wildman–Crippen LogP) is 6.77. The highest BCUT2D eigenvalue weighted by Crippen LogP contribution is 2.35. The van der Waals surface area contributed by atoms with Crippen LogP contribution < -0.4 is 20.3 Å². The van der Waals surface area contributed by atoms with Crippen LogP contribution in [0.5, 0.6) is 5.75 Å². The normalized spacial score (nSPS) is 13.8. The van der Waals surface area contributed by atoms with Gasteiger partial charge in [0.25, 0.3) is 11.9 Å². The number of methoxy groups -OCH3 is 1. The molecule has 3 aromatic carbocycles. The van der Waals surface area contributed by atoms with Crippen molar-refractivity contribution in [3.05, 3.63) is 89.0 Å². The Labute approximate surface area is 245 Å². The highest BCUT2D eigenvalue weighted by Gasteiger charge is 2.32. The number of alkyl halides is 3. The number of benzene rings is 3. The van der Waals surface area contributed by atoms with Crippen molar-refractivity contribution >= 4 is 29.3 Å². The Hall–Kier alpha value is -4.94. The number of urea groups is 1. The van der Waals surface area contributed by atoms with E-state index in [-0.39, 0.29) is 23.9 Å². The molecule has 1 aliphatic carbocycles. The molecule has 1 aromatic heterocycles. The van der Waals surface area contributed by atoms with Gasteiger partial charge in [-0.3, -0.25) is 15.0 Å². The van der Waals surface area contributed by atoms with Crippen LogP contribution in [0.2, 0.25) is 0 Å². The quantitative estimate of drug-likeness (QED) is 0.207. The van der Waals surface area contributed by atoms with Gasteiger partial charge in [-0.1, -0.05) is 48.6 Å². The molecule has 224 valence electrons. The van der Waals surface area contributed by atoms with Gasteiger partial charge in [-0.25, -0.2) is 4.79 Å². The van der Waals surface area contributed by atoms with Crippen molar-refractivity contribution in [2.75, 3.05) is 22.6 Å². The van der Waals surface area contributed by atoms with Crippen molar-refractivity contribution in [2.45, 2.75) is 50.7 Å². The van der Waals surface area contributed by atoms with Crippen LogP contribution in [0.3, 0.4) is 0 Å². The lowest BCUT2D eigenvalue weighted by Crippen LogP contribution is -2.34. The number of aromatic amines is 1. The highest BCUT2D eigenvalue weighted by atomic mass is 19.4. The summed E-state index contributed by atoms with van der Waals surface area (Å²) in [5.74, 6) is 0.0103. The van der Waals surface area contributed by atoms with E-state index in [2.05, 4.69) is 31.3 Å². The smallest absolute Gasteiger partial charge is 0.416 e. The van der Waals surface area contributed by atoms with Crippen LogP contribution in [0.15, 0.2) is 66.7 Å². The number of H-pyrrole nitrogens is 1. The molecule has 4 aromatic rings. The molecule has 43 heavy (non-hydrogen) atoms. The van der Waals surface area contributed by atoms with Crippen molar-refractivity contribution in [2.24, 2.45) is 0 Å². The number of hydrogen-bond acceptors (Lipinski definition) is 6. The molecule has 0 aliphatic heterocycles. The minimum Gasteiger partial charge on any atom is -0.497 e. The molecule has 10 nitrogen and oxygen atoms in total. The topological polar surface area (TPSA) is 125 Å². The summed E-state index contributed by atoms with van der Waals surface area (Å²) < 4.78 is 45.5. The number of tetrazole rings is 1. The molecule has 0 radical (unpaired) electrons. The van der Waals surface area contributed by atoms with E-state index in [0.717, 1.165) is 25.0 Å². The number of carbonyl (C=O) groups excluding carboxylic acids is 2. The van der Waals surface area contributed by atoms with Gasteiger partial charge in [-0.15, -0.1) is 5.10 Å². The van der Waals surface area contributed by atoms with Gasteiger partial charge in [0.1, 0.15) is 5.75 Å². The summed E-state index contributed by atoms with van der Waals surface area (Å²) in [6.45, 7) is 0.0808. The summed E-state index contributed by atoms with van der Waals surface area (Å²) in [5.41, 5.74) is 1.77. The maximum Gasteiger partial charge on any atom is 0.416 e. The second-order valence-corrected chi connectivity index (χ2v) is 10.3. The predicted molar refractivity (Wildman–Crippen MR) is 154 cm³/mol. The maximum absolute atomic E-state index is 13.6. The molecular weight excluding hydrogens is 563 g/mol. The van der Waals surface area contributed by atoms with E-state index in [1.165, 1.54) is 42.9 Å². The van der Waals surface area contributed by atoms with E-state index in [1.54, 1.807) is 24.3 Å². The molecule has 1 heterocycles. The maximum atomic E-state index is 13.6. The fourth-order valence-corrected chi connectivity index (χ4v) is 5.12. The number of nitrogens with zero attached hydrogens (tertiary/aromatic N) is 4. The molecule has 5 rings (SSSR count). The second-order valence-electron chi connectivity index (χ2n) is 10.3. The third-order valence-corrected chi connectivity index (χ3v) is 7.37. The Morgan fingerprint density at radius 1 is 0.977 bits per heavy atom. The van der Waals surface area contributed by atoms with Crippen LogP contribution in [-0.2, 0) is 12.7 Å². The standard InChI is InChI=1S/C30H30F3N7O3/c1-43-26-16-23(30(31,32)33)15-24(17-26)34-29(42)40(25-13-11-21(12-14-25)20-5-3-2-4-6-20)18-19-7-9-22(10-8-19)27(41)35-28-36-38-39-37-28/h7-17,20H,2-6,18H2,1H3,(H,34,42)(H2,35,36,37,38,39,41). The zero-order valence-corrected chi connectivity index (χ0v) is 23.3. The third kappa shape index (κ3) is 7.48. The molecular formula is C30H30F3N7O3. The van der Waals surface area contributed by atoms with Crippen molar-refractivity contribution in [3.63, 3.8) is 0 Å². The van der Waals surface area contributed by atoms with Crippen LogP contribution in [0.25, 0.3) is 0 Å². The number of carbonyl (C=O) groups is 2. The summed E-state index contributed by atoms with van der Waals surface area (Å²) in [4.78, 5) is 27.6. The monoisotopic (exact) mass is 593 g/mol. The Kier molecular flexibility index (Phi) is 8.88. The summed E-state index contributed by atoms with van der Waals surface area (Å²) in [6, 6.07) is 16.7. The first-order chi connectivity index (χ1) is 20.7. The molecule has 1 saturated carbocycles. The number of anilines is 3. The first kappa shape index (κ1) is 29.5. The van der Waals surface area contributed by atoms with Crippen molar-refractivity contribution in [1.82, 2.24) is 20.6 Å². The Bertz CT molecular complexity index is 1540. The number of nitrogens with one attached hydrogen (secondary N) is 3. The SMILES string of the molecule is COc1cc(NC(=O)N(Cc2ccc(C(=O)Nc3nn[nH]n3)cc2)c2ccc(C3CCCCC3)cc2)cc(C(F)(F)F)c1. The van der Waals surface area contributed by atoms with Gasteiger partial charge >= 0.3 is 12.2 Å². The number of ether oxygens (including phenoxy) is 1. The minimum absolute atomic E-state index is 0.0276. The Morgan fingerprint density at radius 2 is 1.70 bits per heavy atom. The van der Waals surface area contributed by atoms with Gasteiger partial charge in [0.05, 0.1) is 19.2 Å². The molecule has 13 heteroatoms. The number of rotatable bonds is 8. The van der Waals surface area contributed by atoms with Gasteiger partial charge < -0.3 is 10.1 Å². The van der Waals surface area contributed by atoms with E-state index < -0.39 is 23.7 Å². The molecule has 3 amide bonds. The van der Waals surface area contributed by atoms with Gasteiger partial charge in [0.15, 0.2) is 0 Å². The molecule has 0 unspecified atom stereocenters. The van der Waals surface area contributed by atoms with Crippen LogP contribution in [0.1, 0.15) is 65.1 Å². The number of aromatic nitrogens is 4. The Balaban J connectivity index is 1.39. The average Bonchev–Trinajstić information content (AvgIpc) is 3.53. The van der Waals surface area contributed by atoms with Gasteiger partial charge in [0, 0.05) is 23.0 Å². The van der Waals surface area contributed by atoms with Crippen LogP contribution in [-0.4, -0.2) is 39.7 Å². The van der Waals surface area contributed by atoms with Crippen LogP contribution in [0, 0.1) is 0 Å². The van der Waals surface area contributed by atoms with E-state index in [4.69, 9.17) is 4.74 Å². The number of hydrogen-bond donors (Lipinski definition) is 3. The second kappa shape index (κ2) is 12.9. The first-order valence-electron chi connectivity index (χ1n) is 13.8. The van der Waals surface area contributed by atoms with E-state index in [0.29, 0.717) is 22.7 Å². The number of amides is 3. The zero-order valence-electron chi connectivity index (χ0n) is 23.3. The van der Waals surface area contributed by atoms with E-state index in [9.17, 15) is 22.8 Å². The van der Waals surface area contributed by atoms with Crippen molar-refractivity contribution in [1.29, 1.82) is 0 Å². The molecule has 1 fully saturated rings. The first-order valence-corrected chi connectivity index (χ1v) is 13.8. The lowest BCUT2D eigenvalue weighted by molar-refractivity contribution is -0.137. The Morgan fingerprint density at radius 3 is 2.33 bits per heavy atom. The summed E-state index contributed by atoms with van der Waals surface area (Å²) in [6.07, 6.45) is 1.22. The molecule has 3 N–H and O–H groups in total. The average molecular weight is 594 g/mol. The zero-order chi connectivity index (χ0) is 30.4. The molecule has 0 spiro atoms. The minimum atomic E-state index is -4.62. The fourth-order valence-electron chi connectivity index (χ4n) is 5.12. The summed E-state index contributed by atoms with van der Waals surface area (Å²) in [7, 11) is 1.26. The van der Waals surface area contributed by atoms with Gasteiger partial charge in [0.2, 0.25) is 0 Å². The highest BCUT2D eigenvalue weighted by molar-refractivity contribution is 6.03. The van der Waals surface area contributed by atoms with Crippen LogP contribution in [0.4, 0.5) is 35.3 Å². The third-order valence-electron chi connectivity index (χ3n) is 7.37.